The van der Waals surface area contributed by atoms with Gasteiger partial charge in [-0.1, -0.05) is 18.2 Å². The Balaban J connectivity index is 1.85. The highest BCUT2D eigenvalue weighted by Gasteiger charge is 2.45. The van der Waals surface area contributed by atoms with Crippen molar-refractivity contribution in [3.05, 3.63) is 36.0 Å². The van der Waals surface area contributed by atoms with E-state index in [1.54, 1.807) is 4.90 Å². The molecule has 1 saturated heterocycles. The quantitative estimate of drug-likeness (QED) is 0.902. The molecular formula is C19H26N2O3. The molecule has 1 aliphatic heterocycles. The molecule has 1 atom stereocenters. The van der Waals surface area contributed by atoms with Gasteiger partial charge in [-0.3, -0.25) is 4.90 Å². The maximum absolute atomic E-state index is 12.7. The van der Waals surface area contributed by atoms with Crippen molar-refractivity contribution in [1.82, 2.24) is 9.88 Å². The van der Waals surface area contributed by atoms with Crippen LogP contribution in [0, 0.1) is 0 Å². The van der Waals surface area contributed by atoms with Crippen molar-refractivity contribution >= 4 is 17.0 Å². The topological polar surface area (TPSA) is 54.6 Å². The van der Waals surface area contributed by atoms with Crippen LogP contribution in [-0.4, -0.2) is 40.0 Å². The number of aromatic nitrogens is 1. The lowest BCUT2D eigenvalue weighted by molar-refractivity contribution is -0.0623. The minimum atomic E-state index is -0.668. The maximum Gasteiger partial charge on any atom is 0.412 e. The zero-order valence-electron chi connectivity index (χ0n) is 15.1. The van der Waals surface area contributed by atoms with Crippen LogP contribution in [-0.2, 0) is 15.9 Å². The molecule has 24 heavy (non-hydrogen) atoms. The Bertz CT molecular complexity index is 742. The van der Waals surface area contributed by atoms with E-state index in [2.05, 4.69) is 17.1 Å². The second-order valence-corrected chi connectivity index (χ2v) is 7.83. The molecule has 0 unspecified atom stereocenters. The molecule has 0 aliphatic carbocycles. The highest BCUT2D eigenvalue weighted by Crippen LogP contribution is 2.32. The molecule has 1 aromatic carbocycles. The van der Waals surface area contributed by atoms with Crippen LogP contribution in [0.5, 0.6) is 0 Å². The van der Waals surface area contributed by atoms with Crippen molar-refractivity contribution in [2.75, 3.05) is 6.61 Å². The predicted octanol–water partition coefficient (Wildman–Crippen LogP) is 4.08. The van der Waals surface area contributed by atoms with Gasteiger partial charge in [0.15, 0.2) is 0 Å². The van der Waals surface area contributed by atoms with E-state index in [1.165, 1.54) is 10.9 Å². The summed E-state index contributed by atoms with van der Waals surface area (Å²) in [6.07, 6.45) is 2.42. The first-order chi connectivity index (χ1) is 11.2. The van der Waals surface area contributed by atoms with Gasteiger partial charge in [-0.2, -0.15) is 0 Å². The number of nitrogens with one attached hydrogen (secondary N) is 1. The Hall–Kier alpha value is -2.01. The molecule has 0 saturated carbocycles. The highest BCUT2D eigenvalue weighted by molar-refractivity contribution is 5.83. The van der Waals surface area contributed by atoms with Gasteiger partial charge in [-0.25, -0.2) is 4.79 Å². The van der Waals surface area contributed by atoms with E-state index in [9.17, 15) is 4.79 Å². The van der Waals surface area contributed by atoms with E-state index in [0.717, 1.165) is 11.9 Å². The molecule has 0 bridgehead atoms. The molecular weight excluding hydrogens is 304 g/mol. The number of hydrogen-bond donors (Lipinski definition) is 1. The fourth-order valence-electron chi connectivity index (χ4n) is 3.27. The van der Waals surface area contributed by atoms with Crippen LogP contribution < -0.4 is 0 Å². The van der Waals surface area contributed by atoms with E-state index in [-0.39, 0.29) is 12.1 Å². The molecule has 5 heteroatoms. The number of para-hydroxylation sites is 1. The van der Waals surface area contributed by atoms with Crippen molar-refractivity contribution in [2.45, 2.75) is 58.4 Å². The number of rotatable bonds is 2. The van der Waals surface area contributed by atoms with Crippen molar-refractivity contribution < 1.29 is 14.3 Å². The number of carbonyl (C=O) groups is 1. The third-order valence-corrected chi connectivity index (χ3v) is 4.29. The number of benzene rings is 1. The first-order valence-electron chi connectivity index (χ1n) is 8.39. The van der Waals surface area contributed by atoms with E-state index >= 15 is 0 Å². The maximum atomic E-state index is 12.7. The lowest BCUT2D eigenvalue weighted by Crippen LogP contribution is -2.50. The van der Waals surface area contributed by atoms with Gasteiger partial charge in [0.05, 0.1) is 12.6 Å². The number of hydrogen-bond acceptors (Lipinski definition) is 3. The standard InChI is InChI=1S/C19H26N2O3/c1-18(2,3)24-17(22)21-14(12-23-19(21,4)5)10-13-11-20-16-9-7-6-8-15(13)16/h6-9,11,14,20H,10,12H2,1-5H3/t14-/m0/s1. The van der Waals surface area contributed by atoms with Crippen LogP contribution in [0.3, 0.4) is 0 Å². The number of carbonyl (C=O) groups excluding carboxylic acids is 1. The van der Waals surface area contributed by atoms with Crippen LogP contribution in [0.15, 0.2) is 30.5 Å². The number of ether oxygens (including phenoxy) is 2. The zero-order valence-corrected chi connectivity index (χ0v) is 15.1. The molecule has 1 fully saturated rings. The summed E-state index contributed by atoms with van der Waals surface area (Å²) in [6.45, 7) is 9.96. The van der Waals surface area contributed by atoms with Crippen molar-refractivity contribution in [3.63, 3.8) is 0 Å². The number of aromatic amines is 1. The molecule has 5 nitrogen and oxygen atoms in total. The van der Waals surface area contributed by atoms with Gasteiger partial charge in [0, 0.05) is 17.1 Å². The van der Waals surface area contributed by atoms with Gasteiger partial charge < -0.3 is 14.5 Å². The SMILES string of the molecule is CC(C)(C)OC(=O)N1[C@@H](Cc2c[nH]c3ccccc23)COC1(C)C. The van der Waals surface area contributed by atoms with E-state index in [0.29, 0.717) is 6.61 Å². The Kier molecular flexibility index (Phi) is 4.08. The van der Waals surface area contributed by atoms with Crippen molar-refractivity contribution in [1.29, 1.82) is 0 Å². The molecule has 2 heterocycles. The van der Waals surface area contributed by atoms with Crippen LogP contribution in [0.4, 0.5) is 4.79 Å². The first-order valence-corrected chi connectivity index (χ1v) is 8.39. The van der Waals surface area contributed by atoms with E-state index in [1.807, 2.05) is 52.9 Å². The van der Waals surface area contributed by atoms with Gasteiger partial charge in [-0.05, 0) is 52.7 Å². The van der Waals surface area contributed by atoms with Crippen molar-refractivity contribution in [2.24, 2.45) is 0 Å². The fourth-order valence-corrected chi connectivity index (χ4v) is 3.27. The Labute approximate surface area is 142 Å². The number of nitrogens with zero attached hydrogens (tertiary/aromatic N) is 1. The Morgan fingerprint density at radius 1 is 1.38 bits per heavy atom. The number of fused-ring (bicyclic) bond motifs is 1. The van der Waals surface area contributed by atoms with Crippen molar-refractivity contribution in [3.8, 4) is 0 Å². The summed E-state index contributed by atoms with van der Waals surface area (Å²) in [4.78, 5) is 17.7. The van der Waals surface area contributed by atoms with Gasteiger partial charge in [-0.15, -0.1) is 0 Å². The third-order valence-electron chi connectivity index (χ3n) is 4.29. The molecule has 0 spiro atoms. The predicted molar refractivity (Wildman–Crippen MR) is 93.9 cm³/mol. The second kappa shape index (κ2) is 5.81. The van der Waals surface area contributed by atoms with E-state index < -0.39 is 11.3 Å². The molecule has 1 amide bonds. The normalized spacial score (nSPS) is 20.5. The summed E-state index contributed by atoms with van der Waals surface area (Å²) in [5.41, 5.74) is 1.10. The molecule has 2 aromatic rings. The summed E-state index contributed by atoms with van der Waals surface area (Å²) < 4.78 is 11.5. The average Bonchev–Trinajstić information content (AvgIpc) is 2.99. The molecule has 1 aromatic heterocycles. The summed E-state index contributed by atoms with van der Waals surface area (Å²) in [5.74, 6) is 0. The minimum Gasteiger partial charge on any atom is -0.444 e. The Morgan fingerprint density at radius 3 is 2.79 bits per heavy atom. The zero-order chi connectivity index (χ0) is 17.5. The van der Waals surface area contributed by atoms with Gasteiger partial charge in [0.1, 0.15) is 11.3 Å². The average molecular weight is 330 g/mol. The number of H-pyrrole nitrogens is 1. The molecule has 0 radical (unpaired) electrons. The van der Waals surface area contributed by atoms with Gasteiger partial charge in [0.25, 0.3) is 0 Å². The Morgan fingerprint density at radius 2 is 2.08 bits per heavy atom. The molecule has 1 aliphatic rings. The number of amides is 1. The summed E-state index contributed by atoms with van der Waals surface area (Å²) in [6, 6.07) is 8.14. The molecule has 130 valence electrons. The van der Waals surface area contributed by atoms with Crippen LogP contribution in [0.25, 0.3) is 10.9 Å². The fraction of sp³-hybridized carbons (Fsp3) is 0.526. The smallest absolute Gasteiger partial charge is 0.412 e. The van der Waals surface area contributed by atoms with Crippen LogP contribution in [0.1, 0.15) is 40.2 Å². The minimum absolute atomic E-state index is 0.0472. The molecule has 3 rings (SSSR count). The van der Waals surface area contributed by atoms with Gasteiger partial charge in [0.2, 0.25) is 0 Å². The lowest BCUT2D eigenvalue weighted by Gasteiger charge is -2.35. The van der Waals surface area contributed by atoms with Crippen LogP contribution >= 0.6 is 0 Å². The summed E-state index contributed by atoms with van der Waals surface area (Å²) in [5, 5.41) is 1.19. The summed E-state index contributed by atoms with van der Waals surface area (Å²) >= 11 is 0. The molecule has 1 N–H and O–H groups in total. The van der Waals surface area contributed by atoms with E-state index in [4.69, 9.17) is 9.47 Å². The monoisotopic (exact) mass is 330 g/mol. The second-order valence-electron chi connectivity index (χ2n) is 7.83. The summed E-state index contributed by atoms with van der Waals surface area (Å²) in [7, 11) is 0. The highest BCUT2D eigenvalue weighted by atomic mass is 16.6. The first kappa shape index (κ1) is 16.8. The van der Waals surface area contributed by atoms with Gasteiger partial charge >= 0.3 is 6.09 Å². The third kappa shape index (κ3) is 3.26. The lowest BCUT2D eigenvalue weighted by atomic mass is 10.0. The van der Waals surface area contributed by atoms with Crippen LogP contribution in [0.2, 0.25) is 0 Å². The largest absolute Gasteiger partial charge is 0.444 e.